The number of thiophene rings is 1. The lowest BCUT2D eigenvalue weighted by atomic mass is 9.79. The second-order valence-electron chi connectivity index (χ2n) is 18.3. The summed E-state index contributed by atoms with van der Waals surface area (Å²) in [4.78, 5) is 2.48. The van der Waals surface area contributed by atoms with Crippen molar-refractivity contribution in [1.29, 1.82) is 0 Å². The summed E-state index contributed by atoms with van der Waals surface area (Å²) in [6.45, 7) is 9.55. The molecule has 1 aromatic heterocycles. The molecule has 0 radical (unpaired) electrons. The molecule has 0 N–H and O–H groups in total. The van der Waals surface area contributed by atoms with Gasteiger partial charge in [-0.05, 0) is 128 Å². The van der Waals surface area contributed by atoms with Crippen LogP contribution in [0.2, 0.25) is 0 Å². The SMILES string of the molecule is CC1(C)C2=C(CCC=C2)c2c(-c3ccccc3N(c3ccc(-c4cccc5c4C(C)(C)c4ccccc4-5)cc3)c3ccc(-c4cccc5sc6ccccc6c45)cc3)cccc21. The minimum atomic E-state index is -0.0957. The molecule has 2 heteroatoms. The molecule has 1 nitrogen and oxygen atoms in total. The zero-order valence-corrected chi connectivity index (χ0v) is 36.5. The summed E-state index contributed by atoms with van der Waals surface area (Å²) in [5, 5.41) is 2.66. The van der Waals surface area contributed by atoms with Crippen LogP contribution in [0, 0.1) is 0 Å². The Kier molecular flexibility index (Phi) is 8.30. The maximum Gasteiger partial charge on any atom is 0.0540 e. The number of fused-ring (bicyclic) bond motifs is 8. The van der Waals surface area contributed by atoms with Crippen LogP contribution in [0.25, 0.3) is 70.3 Å². The monoisotopic (exact) mass is 813 g/mol. The van der Waals surface area contributed by atoms with Gasteiger partial charge in [-0.2, -0.15) is 0 Å². The van der Waals surface area contributed by atoms with E-state index in [4.69, 9.17) is 0 Å². The summed E-state index contributed by atoms with van der Waals surface area (Å²) in [5.41, 5.74) is 22.2. The molecule has 0 unspecified atom stereocenters. The van der Waals surface area contributed by atoms with E-state index in [1.165, 1.54) is 104 Å². The van der Waals surface area contributed by atoms with Crippen molar-refractivity contribution < 1.29 is 0 Å². The van der Waals surface area contributed by atoms with Gasteiger partial charge < -0.3 is 4.90 Å². The van der Waals surface area contributed by atoms with Gasteiger partial charge in [-0.3, -0.25) is 0 Å². The Morgan fingerprint density at radius 2 is 1.05 bits per heavy atom. The summed E-state index contributed by atoms with van der Waals surface area (Å²) >= 11 is 1.88. The van der Waals surface area contributed by atoms with E-state index in [1.807, 2.05) is 11.3 Å². The molecule has 3 aliphatic rings. The Morgan fingerprint density at radius 1 is 0.468 bits per heavy atom. The topological polar surface area (TPSA) is 3.24 Å². The molecule has 9 aromatic rings. The second kappa shape index (κ2) is 13.9. The summed E-state index contributed by atoms with van der Waals surface area (Å²) in [6.07, 6.45) is 6.91. The van der Waals surface area contributed by atoms with Crippen LogP contribution in [0.4, 0.5) is 17.1 Å². The van der Waals surface area contributed by atoms with E-state index < -0.39 is 0 Å². The van der Waals surface area contributed by atoms with Crippen molar-refractivity contribution >= 4 is 54.1 Å². The van der Waals surface area contributed by atoms with Crippen molar-refractivity contribution in [2.24, 2.45) is 0 Å². The average Bonchev–Trinajstić information content (AvgIpc) is 3.90. The average molecular weight is 814 g/mol. The van der Waals surface area contributed by atoms with Gasteiger partial charge in [0.15, 0.2) is 0 Å². The highest BCUT2D eigenvalue weighted by Gasteiger charge is 2.39. The van der Waals surface area contributed by atoms with Crippen LogP contribution >= 0.6 is 11.3 Å². The molecule has 62 heavy (non-hydrogen) atoms. The maximum atomic E-state index is 2.48. The Bertz CT molecular complexity index is 3330. The van der Waals surface area contributed by atoms with Gasteiger partial charge in [-0.1, -0.05) is 173 Å². The first-order valence-electron chi connectivity index (χ1n) is 22.1. The highest BCUT2D eigenvalue weighted by atomic mass is 32.1. The van der Waals surface area contributed by atoms with Crippen molar-refractivity contribution in [1.82, 2.24) is 0 Å². The first kappa shape index (κ1) is 37.1. The lowest BCUT2D eigenvalue weighted by Gasteiger charge is -2.29. The summed E-state index contributed by atoms with van der Waals surface area (Å²) < 4.78 is 2.65. The minimum Gasteiger partial charge on any atom is -0.310 e. The van der Waals surface area contributed by atoms with Gasteiger partial charge in [0.05, 0.1) is 5.69 Å². The number of hydrogen-bond donors (Lipinski definition) is 0. The van der Waals surface area contributed by atoms with Crippen LogP contribution in [-0.4, -0.2) is 0 Å². The van der Waals surface area contributed by atoms with E-state index in [0.29, 0.717) is 0 Å². The smallest absolute Gasteiger partial charge is 0.0540 e. The number of anilines is 3. The molecule has 0 spiro atoms. The predicted molar refractivity (Wildman–Crippen MR) is 266 cm³/mol. The molecule has 0 atom stereocenters. The van der Waals surface area contributed by atoms with Gasteiger partial charge >= 0.3 is 0 Å². The first-order valence-corrected chi connectivity index (χ1v) is 22.9. The van der Waals surface area contributed by atoms with Crippen LogP contribution in [0.3, 0.4) is 0 Å². The van der Waals surface area contributed by atoms with Crippen LogP contribution in [0.5, 0.6) is 0 Å². The molecule has 1 heterocycles. The quantitative estimate of drug-likeness (QED) is 0.162. The molecular weight excluding hydrogens is 767 g/mol. The van der Waals surface area contributed by atoms with Gasteiger partial charge in [0, 0.05) is 47.9 Å². The number of benzene rings is 8. The maximum absolute atomic E-state index is 2.48. The van der Waals surface area contributed by atoms with E-state index in [-0.39, 0.29) is 10.8 Å². The largest absolute Gasteiger partial charge is 0.310 e. The number of para-hydroxylation sites is 1. The fourth-order valence-electron chi connectivity index (χ4n) is 11.3. The molecule has 0 aliphatic heterocycles. The molecule has 12 rings (SSSR count). The number of nitrogens with zero attached hydrogens (tertiary/aromatic N) is 1. The lowest BCUT2D eigenvalue weighted by molar-refractivity contribution is 0.651. The normalized spacial score (nSPS) is 15.4. The zero-order valence-electron chi connectivity index (χ0n) is 35.7. The van der Waals surface area contributed by atoms with Gasteiger partial charge in [0.1, 0.15) is 0 Å². The molecule has 298 valence electrons. The van der Waals surface area contributed by atoms with Crippen molar-refractivity contribution in [2.75, 3.05) is 4.90 Å². The third kappa shape index (κ3) is 5.46. The third-order valence-corrected chi connectivity index (χ3v) is 15.3. The van der Waals surface area contributed by atoms with Crippen molar-refractivity contribution in [2.45, 2.75) is 51.4 Å². The highest BCUT2D eigenvalue weighted by Crippen LogP contribution is 2.55. The Morgan fingerprint density at radius 3 is 1.85 bits per heavy atom. The van der Waals surface area contributed by atoms with E-state index in [1.54, 1.807) is 0 Å². The number of rotatable bonds is 6. The van der Waals surface area contributed by atoms with Crippen LogP contribution in [0.15, 0.2) is 194 Å². The van der Waals surface area contributed by atoms with Gasteiger partial charge in [0.2, 0.25) is 0 Å². The zero-order chi connectivity index (χ0) is 41.7. The Hall–Kier alpha value is -6.74. The van der Waals surface area contributed by atoms with Crippen LogP contribution in [-0.2, 0) is 10.8 Å². The third-order valence-electron chi connectivity index (χ3n) is 14.2. The van der Waals surface area contributed by atoms with Crippen LogP contribution in [0.1, 0.15) is 62.8 Å². The highest BCUT2D eigenvalue weighted by molar-refractivity contribution is 7.25. The molecular formula is C60H47NS. The van der Waals surface area contributed by atoms with E-state index in [0.717, 1.165) is 24.2 Å². The molecule has 0 saturated carbocycles. The first-order chi connectivity index (χ1) is 30.3. The summed E-state index contributed by atoms with van der Waals surface area (Å²) in [7, 11) is 0. The fourth-order valence-corrected chi connectivity index (χ4v) is 12.4. The Labute approximate surface area is 369 Å². The molecule has 0 saturated heterocycles. The van der Waals surface area contributed by atoms with E-state index in [9.17, 15) is 0 Å². The molecule has 0 amide bonds. The van der Waals surface area contributed by atoms with Crippen molar-refractivity contribution in [3.05, 3.63) is 216 Å². The lowest BCUT2D eigenvalue weighted by Crippen LogP contribution is -2.16. The van der Waals surface area contributed by atoms with Crippen LogP contribution < -0.4 is 4.90 Å². The molecule has 0 fully saturated rings. The number of hydrogen-bond acceptors (Lipinski definition) is 2. The number of allylic oxidation sites excluding steroid dienone is 4. The predicted octanol–water partition coefficient (Wildman–Crippen LogP) is 17.2. The standard InChI is InChI=1S/C60H47NS/c1-59(2)51-25-10-6-18-48(51)56-46(22-14-26-52(56)59)45-17-7-11-27-53(45)61(40-34-30-38(31-35-40)42-20-15-29-55-57(42)49-19-8-12-28-54(49)62-55)41-36-32-39(33-37-41)43-21-13-23-47-44-16-5-9-24-50(44)60(3,4)58(43)47/h5,7-17,19-37H,6,18H2,1-4H3. The van der Waals surface area contributed by atoms with Crippen molar-refractivity contribution in [3.63, 3.8) is 0 Å². The van der Waals surface area contributed by atoms with Crippen molar-refractivity contribution in [3.8, 4) is 44.5 Å². The van der Waals surface area contributed by atoms with Gasteiger partial charge in [0.25, 0.3) is 0 Å². The minimum absolute atomic E-state index is 0.0396. The fraction of sp³-hybridized carbons (Fsp3) is 0.133. The van der Waals surface area contributed by atoms with E-state index in [2.05, 4.69) is 221 Å². The van der Waals surface area contributed by atoms with Gasteiger partial charge in [-0.15, -0.1) is 11.3 Å². The molecule has 8 aromatic carbocycles. The summed E-state index contributed by atoms with van der Waals surface area (Å²) in [6, 6.07) is 66.0. The van der Waals surface area contributed by atoms with Gasteiger partial charge in [-0.25, -0.2) is 0 Å². The summed E-state index contributed by atoms with van der Waals surface area (Å²) in [5.74, 6) is 0. The second-order valence-corrected chi connectivity index (χ2v) is 19.4. The Balaban J connectivity index is 1.02. The molecule has 3 aliphatic carbocycles. The van der Waals surface area contributed by atoms with E-state index >= 15 is 0 Å². The molecule has 0 bridgehead atoms.